The third-order valence-corrected chi connectivity index (χ3v) is 5.03. The number of nitrogens with zero attached hydrogens (tertiary/aromatic N) is 4. The average molecular weight is 342 g/mol. The fourth-order valence-corrected chi connectivity index (χ4v) is 3.23. The minimum Gasteiger partial charge on any atom is -0.342 e. The number of piperidine rings is 1. The predicted molar refractivity (Wildman–Crippen MR) is 82.4 cm³/mol. The second-order valence-corrected chi connectivity index (χ2v) is 6.53. The number of rotatable bonds is 3. The number of carbonyl (C=O) groups excluding carboxylic acids is 1. The summed E-state index contributed by atoms with van der Waals surface area (Å²) in [6.07, 6.45) is 1.17. The van der Waals surface area contributed by atoms with Crippen molar-refractivity contribution in [2.75, 3.05) is 25.0 Å². The highest BCUT2D eigenvalue weighted by atomic mass is 19.4. The lowest BCUT2D eigenvalue weighted by atomic mass is 9.84. The molecule has 3 rings (SSSR count). The van der Waals surface area contributed by atoms with Crippen LogP contribution in [0.2, 0.25) is 0 Å². The molecule has 0 spiro atoms. The van der Waals surface area contributed by atoms with Crippen LogP contribution in [0.15, 0.2) is 12.3 Å². The van der Waals surface area contributed by atoms with Gasteiger partial charge >= 0.3 is 6.18 Å². The van der Waals surface area contributed by atoms with E-state index in [1.165, 1.54) is 0 Å². The normalized spacial score (nSPS) is 19.9. The van der Waals surface area contributed by atoms with Crippen molar-refractivity contribution in [1.29, 1.82) is 0 Å². The SMILES string of the molecule is CN(C(=O)C1CCC1)C1CCN(c2nccc(C(F)(F)F)n2)CC1. The van der Waals surface area contributed by atoms with E-state index >= 15 is 0 Å². The second kappa shape index (κ2) is 6.57. The Balaban J connectivity index is 1.60. The highest BCUT2D eigenvalue weighted by Gasteiger charge is 2.35. The Labute approximate surface area is 138 Å². The van der Waals surface area contributed by atoms with E-state index in [4.69, 9.17) is 0 Å². The molecular weight excluding hydrogens is 321 g/mol. The second-order valence-electron chi connectivity index (χ2n) is 6.53. The van der Waals surface area contributed by atoms with Crippen LogP contribution >= 0.6 is 0 Å². The summed E-state index contributed by atoms with van der Waals surface area (Å²) in [6.45, 7) is 1.10. The summed E-state index contributed by atoms with van der Waals surface area (Å²) in [6, 6.07) is 1.02. The topological polar surface area (TPSA) is 49.3 Å². The van der Waals surface area contributed by atoms with E-state index < -0.39 is 11.9 Å². The zero-order valence-corrected chi connectivity index (χ0v) is 13.6. The summed E-state index contributed by atoms with van der Waals surface area (Å²) < 4.78 is 38.3. The third kappa shape index (κ3) is 3.47. The Hall–Kier alpha value is -1.86. The molecule has 0 atom stereocenters. The van der Waals surface area contributed by atoms with Gasteiger partial charge in [-0.15, -0.1) is 0 Å². The Bertz CT molecular complexity index is 595. The molecule has 1 aliphatic heterocycles. The smallest absolute Gasteiger partial charge is 0.342 e. The van der Waals surface area contributed by atoms with Crippen molar-refractivity contribution in [3.05, 3.63) is 18.0 Å². The molecule has 5 nitrogen and oxygen atoms in total. The highest BCUT2D eigenvalue weighted by molar-refractivity contribution is 5.79. The fourth-order valence-electron chi connectivity index (χ4n) is 3.23. The molecule has 1 aromatic heterocycles. The van der Waals surface area contributed by atoms with Gasteiger partial charge in [-0.1, -0.05) is 6.42 Å². The monoisotopic (exact) mass is 342 g/mol. The van der Waals surface area contributed by atoms with Crippen LogP contribution in [-0.2, 0) is 11.0 Å². The maximum absolute atomic E-state index is 12.8. The number of hydrogen-bond donors (Lipinski definition) is 0. The minimum atomic E-state index is -4.47. The van der Waals surface area contributed by atoms with Crippen LogP contribution in [0.5, 0.6) is 0 Å². The largest absolute Gasteiger partial charge is 0.433 e. The first-order chi connectivity index (χ1) is 11.4. The van der Waals surface area contributed by atoms with Crippen molar-refractivity contribution in [1.82, 2.24) is 14.9 Å². The van der Waals surface area contributed by atoms with Gasteiger partial charge in [0, 0.05) is 38.3 Å². The van der Waals surface area contributed by atoms with Crippen LogP contribution in [0.3, 0.4) is 0 Å². The standard InChI is InChI=1S/C16H21F3N4O/c1-22(14(24)11-3-2-4-11)12-6-9-23(10-7-12)15-20-8-5-13(21-15)16(17,18)19/h5,8,11-12H,2-4,6-7,9-10H2,1H3. The molecule has 0 aromatic carbocycles. The molecule has 1 amide bonds. The van der Waals surface area contributed by atoms with Crippen LogP contribution in [0.25, 0.3) is 0 Å². The van der Waals surface area contributed by atoms with E-state index in [0.717, 1.165) is 31.5 Å². The maximum atomic E-state index is 12.8. The fraction of sp³-hybridized carbons (Fsp3) is 0.688. The first kappa shape index (κ1) is 17.0. The number of carbonyl (C=O) groups is 1. The van der Waals surface area contributed by atoms with E-state index in [1.54, 1.807) is 4.90 Å². The van der Waals surface area contributed by atoms with Crippen molar-refractivity contribution >= 4 is 11.9 Å². The zero-order valence-electron chi connectivity index (χ0n) is 13.6. The van der Waals surface area contributed by atoms with Crippen molar-refractivity contribution in [2.45, 2.75) is 44.3 Å². The molecule has 1 aliphatic carbocycles. The molecule has 132 valence electrons. The summed E-state index contributed by atoms with van der Waals surface area (Å²) in [5.41, 5.74) is -0.924. The molecule has 0 N–H and O–H groups in total. The number of alkyl halides is 3. The minimum absolute atomic E-state index is 0.108. The van der Waals surface area contributed by atoms with Crippen LogP contribution in [0.4, 0.5) is 19.1 Å². The molecule has 8 heteroatoms. The molecule has 1 saturated carbocycles. The van der Waals surface area contributed by atoms with Gasteiger partial charge in [0.25, 0.3) is 0 Å². The van der Waals surface area contributed by atoms with Crippen molar-refractivity contribution in [3.8, 4) is 0 Å². The molecule has 24 heavy (non-hydrogen) atoms. The van der Waals surface area contributed by atoms with E-state index in [9.17, 15) is 18.0 Å². The molecule has 2 aliphatic rings. The molecule has 0 bridgehead atoms. The number of halogens is 3. The van der Waals surface area contributed by atoms with E-state index in [2.05, 4.69) is 9.97 Å². The summed E-state index contributed by atoms with van der Waals surface area (Å²) in [5.74, 6) is 0.478. The highest BCUT2D eigenvalue weighted by Crippen LogP contribution is 2.31. The Kier molecular flexibility index (Phi) is 4.64. The van der Waals surface area contributed by atoms with E-state index in [0.29, 0.717) is 25.9 Å². The Morgan fingerprint density at radius 1 is 1.25 bits per heavy atom. The number of aromatic nitrogens is 2. The lowest BCUT2D eigenvalue weighted by molar-refractivity contribution is -0.141. The molecule has 2 fully saturated rings. The number of hydrogen-bond acceptors (Lipinski definition) is 4. The van der Waals surface area contributed by atoms with Crippen LogP contribution in [0.1, 0.15) is 37.8 Å². The molecule has 1 aromatic rings. The maximum Gasteiger partial charge on any atom is 0.433 e. The molecule has 0 unspecified atom stereocenters. The van der Waals surface area contributed by atoms with Gasteiger partial charge in [-0.05, 0) is 31.7 Å². The van der Waals surface area contributed by atoms with Gasteiger partial charge in [0.05, 0.1) is 0 Å². The molecule has 0 radical (unpaired) electrons. The van der Waals surface area contributed by atoms with E-state index in [1.807, 2.05) is 11.9 Å². The quantitative estimate of drug-likeness (QED) is 0.847. The van der Waals surface area contributed by atoms with E-state index in [-0.39, 0.29) is 23.8 Å². The summed E-state index contributed by atoms with van der Waals surface area (Å²) in [5, 5.41) is 0. The van der Waals surface area contributed by atoms with Crippen LogP contribution in [0, 0.1) is 5.92 Å². The Morgan fingerprint density at radius 2 is 1.92 bits per heavy atom. The van der Waals surface area contributed by atoms with Crippen molar-refractivity contribution in [3.63, 3.8) is 0 Å². The van der Waals surface area contributed by atoms with Gasteiger partial charge in [0.1, 0.15) is 5.69 Å². The molecule has 2 heterocycles. The third-order valence-electron chi connectivity index (χ3n) is 5.03. The summed E-state index contributed by atoms with van der Waals surface area (Å²) in [4.78, 5) is 23.5. The van der Waals surface area contributed by atoms with Gasteiger partial charge in [0.15, 0.2) is 0 Å². The number of amides is 1. The van der Waals surface area contributed by atoms with Crippen molar-refractivity contribution in [2.24, 2.45) is 5.92 Å². The van der Waals surface area contributed by atoms with Crippen LogP contribution in [-0.4, -0.2) is 47.0 Å². The average Bonchev–Trinajstić information content (AvgIpc) is 2.52. The Morgan fingerprint density at radius 3 is 2.46 bits per heavy atom. The van der Waals surface area contributed by atoms with Gasteiger partial charge in [-0.25, -0.2) is 9.97 Å². The van der Waals surface area contributed by atoms with Gasteiger partial charge in [0.2, 0.25) is 11.9 Å². The van der Waals surface area contributed by atoms with Gasteiger partial charge in [-0.2, -0.15) is 13.2 Å². The zero-order chi connectivity index (χ0) is 17.3. The first-order valence-electron chi connectivity index (χ1n) is 8.28. The van der Waals surface area contributed by atoms with Gasteiger partial charge in [-0.3, -0.25) is 4.79 Å². The van der Waals surface area contributed by atoms with Crippen molar-refractivity contribution < 1.29 is 18.0 Å². The number of anilines is 1. The summed E-state index contributed by atoms with van der Waals surface area (Å²) >= 11 is 0. The predicted octanol–water partition coefficient (Wildman–Crippen LogP) is 2.72. The summed E-state index contributed by atoms with van der Waals surface area (Å²) in [7, 11) is 1.84. The molecule has 1 saturated heterocycles. The van der Waals surface area contributed by atoms with Crippen LogP contribution < -0.4 is 4.90 Å². The van der Waals surface area contributed by atoms with Gasteiger partial charge < -0.3 is 9.80 Å². The molecular formula is C16H21F3N4O. The lowest BCUT2D eigenvalue weighted by Crippen LogP contribution is -2.48. The lowest BCUT2D eigenvalue weighted by Gasteiger charge is -2.39. The first-order valence-corrected chi connectivity index (χ1v) is 8.28.